The van der Waals surface area contributed by atoms with E-state index >= 15 is 0 Å². The van der Waals surface area contributed by atoms with E-state index in [4.69, 9.17) is 9.47 Å². The minimum atomic E-state index is -3.62. The van der Waals surface area contributed by atoms with Gasteiger partial charge in [-0.05, 0) is 43.5 Å². The molecule has 1 aliphatic heterocycles. The number of methoxy groups -OCH3 is 2. The summed E-state index contributed by atoms with van der Waals surface area (Å²) in [5.74, 6) is 0.666. The molecule has 1 aliphatic rings. The summed E-state index contributed by atoms with van der Waals surface area (Å²) in [7, 11) is -0.734. The first-order valence-electron chi connectivity index (χ1n) is 7.80. The van der Waals surface area contributed by atoms with Gasteiger partial charge in [0.1, 0.15) is 5.75 Å². The molecule has 0 unspecified atom stereocenters. The Morgan fingerprint density at radius 3 is 2.38 bits per heavy atom. The Hall–Kier alpha value is -1.80. The third-order valence-electron chi connectivity index (χ3n) is 4.41. The fourth-order valence-corrected chi connectivity index (χ4v) is 4.61. The molecule has 0 N–H and O–H groups in total. The molecule has 1 aromatic rings. The molecule has 0 bridgehead atoms. The number of hydrogen-bond donors (Lipinski definition) is 0. The highest BCUT2D eigenvalue weighted by molar-refractivity contribution is 7.89. The molecular formula is C16H24N2O5S. The van der Waals surface area contributed by atoms with E-state index in [0.717, 1.165) is 5.56 Å². The second kappa shape index (κ2) is 7.40. The lowest BCUT2D eigenvalue weighted by Crippen LogP contribution is -2.37. The molecule has 0 aromatic heterocycles. The second-order valence-electron chi connectivity index (χ2n) is 5.73. The molecule has 8 heteroatoms. The van der Waals surface area contributed by atoms with Gasteiger partial charge >= 0.3 is 6.09 Å². The van der Waals surface area contributed by atoms with Crippen LogP contribution in [0.25, 0.3) is 0 Å². The Morgan fingerprint density at radius 2 is 1.75 bits per heavy atom. The maximum Gasteiger partial charge on any atom is 0.409 e. The standard InChI is InChI=1S/C16H24N2O5S/c1-12-13(2)15(7-6-14(12)22-3)24(20,21)18-9-5-8-17(10-11-18)16(19)23-4/h6-7H,5,8-11H2,1-4H3. The quantitative estimate of drug-likeness (QED) is 0.825. The second-order valence-corrected chi connectivity index (χ2v) is 7.64. The Balaban J connectivity index is 2.28. The zero-order valence-electron chi connectivity index (χ0n) is 14.5. The van der Waals surface area contributed by atoms with Crippen LogP contribution in [0.2, 0.25) is 0 Å². The molecule has 1 fully saturated rings. The molecule has 134 valence electrons. The number of sulfonamides is 1. The number of rotatable bonds is 3. The summed E-state index contributed by atoms with van der Waals surface area (Å²) in [6.45, 7) is 5.06. The van der Waals surface area contributed by atoms with Gasteiger partial charge in [-0.1, -0.05) is 0 Å². The molecule has 0 saturated carbocycles. The Labute approximate surface area is 143 Å². The number of benzene rings is 1. The number of amides is 1. The molecule has 0 atom stereocenters. The van der Waals surface area contributed by atoms with Crippen molar-refractivity contribution in [2.45, 2.75) is 25.2 Å². The van der Waals surface area contributed by atoms with Crippen LogP contribution in [0.5, 0.6) is 5.75 Å². The van der Waals surface area contributed by atoms with Gasteiger partial charge in [-0.3, -0.25) is 0 Å². The van der Waals surface area contributed by atoms with Crippen molar-refractivity contribution in [1.82, 2.24) is 9.21 Å². The lowest BCUT2D eigenvalue weighted by molar-refractivity contribution is 0.126. The van der Waals surface area contributed by atoms with E-state index in [1.807, 2.05) is 6.92 Å². The number of carbonyl (C=O) groups excluding carboxylic acids is 1. The molecule has 1 saturated heterocycles. The van der Waals surface area contributed by atoms with Crippen molar-refractivity contribution >= 4 is 16.1 Å². The zero-order chi connectivity index (χ0) is 17.9. The van der Waals surface area contributed by atoms with Crippen LogP contribution in [-0.4, -0.2) is 64.1 Å². The maximum atomic E-state index is 13.0. The third-order valence-corrected chi connectivity index (χ3v) is 6.46. The molecular weight excluding hydrogens is 332 g/mol. The van der Waals surface area contributed by atoms with E-state index in [0.29, 0.717) is 37.4 Å². The molecule has 7 nitrogen and oxygen atoms in total. The van der Waals surface area contributed by atoms with Crippen molar-refractivity contribution in [1.29, 1.82) is 0 Å². The van der Waals surface area contributed by atoms with Crippen molar-refractivity contribution in [3.63, 3.8) is 0 Å². The summed E-state index contributed by atoms with van der Waals surface area (Å²) in [5.41, 5.74) is 1.49. The molecule has 0 spiro atoms. The highest BCUT2D eigenvalue weighted by Gasteiger charge is 2.30. The molecule has 24 heavy (non-hydrogen) atoms. The molecule has 1 amide bonds. The van der Waals surface area contributed by atoms with Crippen LogP contribution < -0.4 is 4.74 Å². The summed E-state index contributed by atoms with van der Waals surface area (Å²) < 4.78 is 37.4. The van der Waals surface area contributed by atoms with Crippen LogP contribution in [0.4, 0.5) is 4.79 Å². The van der Waals surface area contributed by atoms with Crippen LogP contribution in [0.15, 0.2) is 17.0 Å². The van der Waals surface area contributed by atoms with Gasteiger partial charge in [0.05, 0.1) is 19.1 Å². The van der Waals surface area contributed by atoms with E-state index in [2.05, 4.69) is 0 Å². The van der Waals surface area contributed by atoms with E-state index in [9.17, 15) is 13.2 Å². The zero-order valence-corrected chi connectivity index (χ0v) is 15.4. The predicted octanol–water partition coefficient (Wildman–Crippen LogP) is 1.77. The van der Waals surface area contributed by atoms with Crippen molar-refractivity contribution in [2.75, 3.05) is 40.4 Å². The number of ether oxygens (including phenoxy) is 2. The van der Waals surface area contributed by atoms with Crippen molar-refractivity contribution in [3.8, 4) is 5.75 Å². The van der Waals surface area contributed by atoms with Gasteiger partial charge in [0.15, 0.2) is 0 Å². The first-order chi connectivity index (χ1) is 11.3. The summed E-state index contributed by atoms with van der Waals surface area (Å²) in [4.78, 5) is 13.5. The first-order valence-corrected chi connectivity index (χ1v) is 9.24. The Bertz CT molecular complexity index is 717. The van der Waals surface area contributed by atoms with Gasteiger partial charge in [0.2, 0.25) is 10.0 Å². The van der Waals surface area contributed by atoms with Gasteiger partial charge in [-0.25, -0.2) is 13.2 Å². The van der Waals surface area contributed by atoms with Crippen LogP contribution >= 0.6 is 0 Å². The lowest BCUT2D eigenvalue weighted by atomic mass is 10.1. The minimum Gasteiger partial charge on any atom is -0.496 e. The summed E-state index contributed by atoms with van der Waals surface area (Å²) in [5, 5.41) is 0. The van der Waals surface area contributed by atoms with Crippen LogP contribution in [0, 0.1) is 13.8 Å². The average Bonchev–Trinajstić information content (AvgIpc) is 2.83. The number of nitrogens with zero attached hydrogens (tertiary/aromatic N) is 2. The van der Waals surface area contributed by atoms with Crippen molar-refractivity contribution in [3.05, 3.63) is 23.3 Å². The molecule has 2 rings (SSSR count). The largest absolute Gasteiger partial charge is 0.496 e. The van der Waals surface area contributed by atoms with Crippen LogP contribution in [0.3, 0.4) is 0 Å². The summed E-state index contributed by atoms with van der Waals surface area (Å²) >= 11 is 0. The highest BCUT2D eigenvalue weighted by Crippen LogP contribution is 2.29. The van der Waals surface area contributed by atoms with Gasteiger partial charge < -0.3 is 14.4 Å². The smallest absolute Gasteiger partial charge is 0.409 e. The van der Waals surface area contributed by atoms with E-state index in [-0.39, 0.29) is 11.4 Å². The van der Waals surface area contributed by atoms with E-state index in [1.165, 1.54) is 16.3 Å². The topological polar surface area (TPSA) is 76.2 Å². The summed E-state index contributed by atoms with van der Waals surface area (Å²) in [6.07, 6.45) is 0.147. The fraction of sp³-hybridized carbons (Fsp3) is 0.562. The van der Waals surface area contributed by atoms with Gasteiger partial charge in [-0.2, -0.15) is 4.31 Å². The van der Waals surface area contributed by atoms with Crippen LogP contribution in [-0.2, 0) is 14.8 Å². The molecule has 1 aromatic carbocycles. The van der Waals surface area contributed by atoms with E-state index < -0.39 is 16.1 Å². The normalized spacial score (nSPS) is 16.6. The summed E-state index contributed by atoms with van der Waals surface area (Å²) in [6, 6.07) is 3.26. The number of hydrogen-bond acceptors (Lipinski definition) is 5. The Morgan fingerprint density at radius 1 is 1.04 bits per heavy atom. The van der Waals surface area contributed by atoms with Gasteiger partial charge in [0, 0.05) is 26.2 Å². The van der Waals surface area contributed by atoms with Gasteiger partial charge in [-0.15, -0.1) is 0 Å². The van der Waals surface area contributed by atoms with Crippen LogP contribution in [0.1, 0.15) is 17.5 Å². The SMILES string of the molecule is COC(=O)N1CCCN(S(=O)(=O)c2ccc(OC)c(C)c2C)CC1. The van der Waals surface area contributed by atoms with Crippen molar-refractivity contribution < 1.29 is 22.7 Å². The Kier molecular flexibility index (Phi) is 5.71. The molecule has 0 radical (unpaired) electrons. The monoisotopic (exact) mass is 356 g/mol. The fourth-order valence-electron chi connectivity index (χ4n) is 2.86. The molecule has 0 aliphatic carbocycles. The minimum absolute atomic E-state index is 0.252. The highest BCUT2D eigenvalue weighted by atomic mass is 32.2. The molecule has 1 heterocycles. The van der Waals surface area contributed by atoms with Crippen molar-refractivity contribution in [2.24, 2.45) is 0 Å². The van der Waals surface area contributed by atoms with E-state index in [1.54, 1.807) is 26.2 Å². The third kappa shape index (κ3) is 3.49. The predicted molar refractivity (Wildman–Crippen MR) is 89.8 cm³/mol. The van der Waals surface area contributed by atoms with Gasteiger partial charge in [0.25, 0.3) is 0 Å². The maximum absolute atomic E-state index is 13.0. The lowest BCUT2D eigenvalue weighted by Gasteiger charge is -2.22. The number of carbonyl (C=O) groups is 1. The average molecular weight is 356 g/mol. The first kappa shape index (κ1) is 18.5.